The van der Waals surface area contributed by atoms with Crippen molar-refractivity contribution in [3.63, 3.8) is 0 Å². The Balaban J connectivity index is 2.09. The number of benzene rings is 3. The molecule has 3 aromatic carbocycles. The maximum atomic E-state index is 13.9. The Morgan fingerprint density at radius 3 is 2.21 bits per heavy atom. The highest BCUT2D eigenvalue weighted by molar-refractivity contribution is 7.92. The van der Waals surface area contributed by atoms with E-state index in [1.165, 1.54) is 30.0 Å². The number of aryl methyl sites for hydroxylation is 1. The van der Waals surface area contributed by atoms with Gasteiger partial charge >= 0.3 is 6.18 Å². The van der Waals surface area contributed by atoms with Crippen molar-refractivity contribution in [1.82, 2.24) is 10.2 Å². The van der Waals surface area contributed by atoms with Gasteiger partial charge in [0.15, 0.2) is 0 Å². The van der Waals surface area contributed by atoms with Gasteiger partial charge in [-0.2, -0.15) is 13.2 Å². The number of halogens is 4. The van der Waals surface area contributed by atoms with Crippen LogP contribution in [0.25, 0.3) is 0 Å². The Labute approximate surface area is 249 Å². The number of hydrogen-bond acceptors (Lipinski definition) is 4. The molecule has 12 heteroatoms. The molecule has 0 saturated heterocycles. The van der Waals surface area contributed by atoms with Crippen LogP contribution < -0.4 is 9.62 Å². The van der Waals surface area contributed by atoms with Crippen LogP contribution in [0.3, 0.4) is 0 Å². The van der Waals surface area contributed by atoms with Crippen molar-refractivity contribution in [2.24, 2.45) is 0 Å². The summed E-state index contributed by atoms with van der Waals surface area (Å²) < 4.78 is 69.1. The minimum Gasteiger partial charge on any atom is -0.352 e. The van der Waals surface area contributed by atoms with Crippen LogP contribution in [0.4, 0.5) is 18.9 Å². The van der Waals surface area contributed by atoms with E-state index in [2.05, 4.69) is 5.32 Å². The number of alkyl halides is 3. The van der Waals surface area contributed by atoms with Crippen LogP contribution in [0.15, 0.2) is 77.7 Å². The van der Waals surface area contributed by atoms with E-state index < -0.39 is 46.2 Å². The Morgan fingerprint density at radius 1 is 0.976 bits per heavy atom. The molecule has 0 bridgehead atoms. The normalized spacial score (nSPS) is 13.2. The number of anilines is 1. The summed E-state index contributed by atoms with van der Waals surface area (Å²) in [5, 5.41) is 3.21. The summed E-state index contributed by atoms with van der Waals surface area (Å²) in [7, 11) is -4.51. The molecule has 0 fully saturated rings. The molecule has 42 heavy (non-hydrogen) atoms. The topological polar surface area (TPSA) is 86.8 Å². The molecule has 1 N–H and O–H groups in total. The van der Waals surface area contributed by atoms with Crippen molar-refractivity contribution in [3.8, 4) is 0 Å². The number of sulfonamides is 1. The summed E-state index contributed by atoms with van der Waals surface area (Å²) in [4.78, 5) is 28.0. The molecule has 0 radical (unpaired) electrons. The van der Waals surface area contributed by atoms with Crippen LogP contribution in [0, 0.1) is 6.92 Å². The standard InChI is InChI=1S/C30H33ClF3N3O4S/c1-5-21(3)35-29(39)22(4)36(18-23-8-6-10-25(31)16-23)28(38)19-37(26-11-7-9-24(17-26)30(32,33)34)42(40,41)27-14-12-20(2)13-15-27/h6-17,21-22H,5,18-19H2,1-4H3,(H,35,39)/t21-,22+/m0/s1. The SMILES string of the molecule is CC[C@H](C)NC(=O)[C@@H](C)N(Cc1cccc(Cl)c1)C(=O)CN(c1cccc(C(F)(F)F)c1)S(=O)(=O)c1ccc(C)cc1. The van der Waals surface area contributed by atoms with E-state index >= 15 is 0 Å². The number of amides is 2. The third-order valence-electron chi connectivity index (χ3n) is 6.76. The fourth-order valence-electron chi connectivity index (χ4n) is 4.08. The maximum absolute atomic E-state index is 13.9. The molecular formula is C30H33ClF3N3O4S. The predicted octanol–water partition coefficient (Wildman–Crippen LogP) is 6.19. The maximum Gasteiger partial charge on any atom is 0.416 e. The van der Waals surface area contributed by atoms with Gasteiger partial charge in [0.2, 0.25) is 11.8 Å². The fraction of sp³-hybridized carbons (Fsp3) is 0.333. The molecule has 0 saturated carbocycles. The number of nitrogens with one attached hydrogen (secondary N) is 1. The van der Waals surface area contributed by atoms with Crippen molar-refractivity contribution in [2.45, 2.75) is 63.8 Å². The predicted molar refractivity (Wildman–Crippen MR) is 157 cm³/mol. The molecule has 3 aromatic rings. The van der Waals surface area contributed by atoms with Crippen molar-refractivity contribution in [1.29, 1.82) is 0 Å². The van der Waals surface area contributed by atoms with Crippen molar-refractivity contribution >= 4 is 39.1 Å². The lowest BCUT2D eigenvalue weighted by Crippen LogP contribution is -2.52. The Hall–Kier alpha value is -3.57. The van der Waals surface area contributed by atoms with Gasteiger partial charge in [-0.05, 0) is 75.2 Å². The molecule has 0 aliphatic rings. The minimum absolute atomic E-state index is 0.102. The third kappa shape index (κ3) is 8.25. The number of carbonyl (C=O) groups is 2. The molecule has 2 amide bonds. The van der Waals surface area contributed by atoms with Crippen LogP contribution in [0.5, 0.6) is 0 Å². The summed E-state index contributed by atoms with van der Waals surface area (Å²) in [5.41, 5.74) is -0.0812. The van der Waals surface area contributed by atoms with Gasteiger partial charge in [0.25, 0.3) is 10.0 Å². The fourth-order valence-corrected chi connectivity index (χ4v) is 5.70. The number of hydrogen-bond donors (Lipinski definition) is 1. The molecule has 2 atom stereocenters. The second kappa shape index (κ2) is 13.6. The molecule has 0 aliphatic heterocycles. The minimum atomic E-state index is -4.75. The van der Waals surface area contributed by atoms with E-state index in [9.17, 15) is 31.2 Å². The van der Waals surface area contributed by atoms with Gasteiger partial charge in [0.05, 0.1) is 16.1 Å². The van der Waals surface area contributed by atoms with Gasteiger partial charge in [-0.25, -0.2) is 8.42 Å². The summed E-state index contributed by atoms with van der Waals surface area (Å²) in [6.07, 6.45) is -4.11. The molecule has 7 nitrogen and oxygen atoms in total. The van der Waals surface area contributed by atoms with Crippen LogP contribution in [0.1, 0.15) is 43.9 Å². The zero-order chi connectivity index (χ0) is 31.2. The first-order valence-corrected chi connectivity index (χ1v) is 15.1. The van der Waals surface area contributed by atoms with Gasteiger partial charge in [-0.1, -0.05) is 54.4 Å². The molecule has 0 heterocycles. The number of nitrogens with zero attached hydrogens (tertiary/aromatic N) is 2. The van der Waals surface area contributed by atoms with Gasteiger partial charge < -0.3 is 10.2 Å². The summed E-state index contributed by atoms with van der Waals surface area (Å²) in [6, 6.07) is 14.9. The molecule has 226 valence electrons. The van der Waals surface area contributed by atoms with Crippen molar-refractivity contribution in [3.05, 3.63) is 94.5 Å². The summed E-state index contributed by atoms with van der Waals surface area (Å²) >= 11 is 6.13. The molecule has 0 aliphatic carbocycles. The Kier molecular flexibility index (Phi) is 10.7. The largest absolute Gasteiger partial charge is 0.416 e. The Morgan fingerprint density at radius 2 is 1.62 bits per heavy atom. The van der Waals surface area contributed by atoms with Gasteiger partial charge in [0, 0.05) is 17.6 Å². The molecule has 0 unspecified atom stereocenters. The highest BCUT2D eigenvalue weighted by Gasteiger charge is 2.35. The zero-order valence-corrected chi connectivity index (χ0v) is 25.2. The third-order valence-corrected chi connectivity index (χ3v) is 8.78. The van der Waals surface area contributed by atoms with Crippen LogP contribution >= 0.6 is 11.6 Å². The first kappa shape index (κ1) is 32.9. The van der Waals surface area contributed by atoms with Gasteiger partial charge in [-0.15, -0.1) is 0 Å². The molecule has 0 aromatic heterocycles. The zero-order valence-electron chi connectivity index (χ0n) is 23.7. The second-order valence-corrected chi connectivity index (χ2v) is 12.3. The van der Waals surface area contributed by atoms with Crippen molar-refractivity contribution < 1.29 is 31.2 Å². The summed E-state index contributed by atoms with van der Waals surface area (Å²) in [5.74, 6) is -1.26. The average Bonchev–Trinajstić information content (AvgIpc) is 2.93. The molecular weight excluding hydrogens is 591 g/mol. The van der Waals surface area contributed by atoms with Crippen LogP contribution in [0.2, 0.25) is 5.02 Å². The highest BCUT2D eigenvalue weighted by atomic mass is 35.5. The van der Waals surface area contributed by atoms with E-state index in [1.807, 2.05) is 6.92 Å². The average molecular weight is 624 g/mol. The number of carbonyl (C=O) groups excluding carboxylic acids is 2. The van der Waals surface area contributed by atoms with Gasteiger partial charge in [-0.3, -0.25) is 13.9 Å². The van der Waals surface area contributed by atoms with E-state index in [1.54, 1.807) is 50.2 Å². The first-order valence-electron chi connectivity index (χ1n) is 13.2. The lowest BCUT2D eigenvalue weighted by atomic mass is 10.1. The van der Waals surface area contributed by atoms with E-state index in [0.717, 1.165) is 17.7 Å². The second-order valence-electron chi connectivity index (χ2n) is 10.0. The van der Waals surface area contributed by atoms with E-state index in [-0.39, 0.29) is 23.2 Å². The van der Waals surface area contributed by atoms with E-state index in [0.29, 0.717) is 27.4 Å². The molecule has 3 rings (SSSR count). The van der Waals surface area contributed by atoms with Crippen LogP contribution in [-0.2, 0) is 32.3 Å². The lowest BCUT2D eigenvalue weighted by Gasteiger charge is -2.32. The number of rotatable bonds is 11. The first-order chi connectivity index (χ1) is 19.6. The highest BCUT2D eigenvalue weighted by Crippen LogP contribution is 2.33. The van der Waals surface area contributed by atoms with E-state index in [4.69, 9.17) is 11.6 Å². The smallest absolute Gasteiger partial charge is 0.352 e. The van der Waals surface area contributed by atoms with Gasteiger partial charge in [0.1, 0.15) is 12.6 Å². The van der Waals surface area contributed by atoms with Crippen molar-refractivity contribution in [2.75, 3.05) is 10.8 Å². The summed E-state index contributed by atoms with van der Waals surface area (Å²) in [6.45, 7) is 5.98. The quantitative estimate of drug-likeness (QED) is 0.276. The molecule has 0 spiro atoms. The Bertz CT molecular complexity index is 1510. The monoisotopic (exact) mass is 623 g/mol. The van der Waals surface area contributed by atoms with Crippen LogP contribution in [-0.4, -0.2) is 43.8 Å². The lowest BCUT2D eigenvalue weighted by molar-refractivity contribution is -0.139.